The number of nitrogens with zero attached hydrogens (tertiary/aromatic N) is 1. The fourth-order valence-corrected chi connectivity index (χ4v) is 3.16. The number of hydrogen-bond acceptors (Lipinski definition) is 0. The lowest BCUT2D eigenvalue weighted by atomic mass is 9.97. The van der Waals surface area contributed by atoms with Crippen molar-refractivity contribution in [2.24, 2.45) is 0 Å². The summed E-state index contributed by atoms with van der Waals surface area (Å²) in [5.74, 6) is 0. The second kappa shape index (κ2) is 5.85. The van der Waals surface area contributed by atoms with Crippen LogP contribution < -0.4 is 4.98 Å². The molecule has 0 aliphatic heterocycles. The average molecular weight is 349 g/mol. The van der Waals surface area contributed by atoms with Crippen LogP contribution in [0.4, 0.5) is 18.9 Å². The summed E-state index contributed by atoms with van der Waals surface area (Å²) in [6.07, 6.45) is -2.58. The van der Waals surface area contributed by atoms with Crippen LogP contribution in [0.15, 0.2) is 66.9 Å². The molecule has 0 atom stereocenters. The smallest absolute Gasteiger partial charge is 0.238 e. The third kappa shape index (κ3) is 2.66. The van der Waals surface area contributed by atoms with E-state index in [-0.39, 0.29) is 0 Å². The van der Waals surface area contributed by atoms with Gasteiger partial charge in [0.1, 0.15) is 0 Å². The monoisotopic (exact) mass is 349 g/mol. The number of benzene rings is 3. The Morgan fingerprint density at radius 3 is 2.23 bits per heavy atom. The zero-order valence-electron chi connectivity index (χ0n) is 13.4. The molecule has 0 fully saturated rings. The molecule has 26 heavy (non-hydrogen) atoms. The highest BCUT2D eigenvalue weighted by Crippen LogP contribution is 2.35. The molecule has 4 aromatic rings. The molecule has 0 amide bonds. The van der Waals surface area contributed by atoms with E-state index in [1.807, 2.05) is 24.3 Å². The molecular weight excluding hydrogens is 337 g/mol. The van der Waals surface area contributed by atoms with Gasteiger partial charge < -0.3 is 0 Å². The minimum Gasteiger partial charge on any atom is -0.238 e. The Balaban J connectivity index is 1.94. The predicted octanol–water partition coefficient (Wildman–Crippen LogP) is 6.04. The summed E-state index contributed by atoms with van der Waals surface area (Å²) in [6.45, 7) is 7.04. The van der Waals surface area contributed by atoms with Crippen molar-refractivity contribution >= 4 is 27.2 Å². The van der Waals surface area contributed by atoms with Gasteiger partial charge in [0.05, 0.1) is 17.5 Å². The molecule has 0 saturated heterocycles. The van der Waals surface area contributed by atoms with Crippen LogP contribution in [-0.4, -0.2) is 0 Å². The van der Waals surface area contributed by atoms with Crippen LogP contribution in [0.25, 0.3) is 37.6 Å². The highest BCUT2D eigenvalue weighted by atomic mass is 19.4. The van der Waals surface area contributed by atoms with Crippen molar-refractivity contribution in [1.82, 2.24) is 0 Å². The van der Waals surface area contributed by atoms with Gasteiger partial charge >= 0.3 is 6.18 Å². The maximum atomic E-state index is 13.0. The summed E-state index contributed by atoms with van der Waals surface area (Å²) in [7, 11) is 0. The lowest BCUT2D eigenvalue weighted by Crippen LogP contribution is -2.06. The van der Waals surface area contributed by atoms with E-state index in [2.05, 4.69) is 9.83 Å². The van der Waals surface area contributed by atoms with Crippen LogP contribution >= 0.6 is 0 Å². The molecule has 126 valence electrons. The summed E-state index contributed by atoms with van der Waals surface area (Å²) in [4.78, 5) is 6.59. The van der Waals surface area contributed by atoms with Gasteiger partial charge in [0.25, 0.3) is 0 Å². The first kappa shape index (κ1) is 16.1. The Morgan fingerprint density at radius 2 is 1.54 bits per heavy atom. The highest BCUT2D eigenvalue weighted by Gasteiger charge is 2.30. The summed E-state index contributed by atoms with van der Waals surface area (Å²) in [6, 6.07) is 16.4. The number of alkyl halides is 3. The van der Waals surface area contributed by atoms with E-state index in [1.165, 1.54) is 12.1 Å². The number of nitrogens with one attached hydrogen (secondary N) is 1. The first-order chi connectivity index (χ1) is 12.5. The summed E-state index contributed by atoms with van der Waals surface area (Å²) in [5.41, 5.74) is 1.68. The van der Waals surface area contributed by atoms with E-state index in [0.29, 0.717) is 11.1 Å². The maximum absolute atomic E-state index is 13.0. The number of rotatable bonds is 1. The fourth-order valence-electron chi connectivity index (χ4n) is 3.16. The number of fused-ring (bicyclic) bond motifs is 3. The molecule has 0 spiro atoms. The number of halogens is 3. The van der Waals surface area contributed by atoms with Gasteiger partial charge in [-0.25, -0.2) is 9.83 Å². The van der Waals surface area contributed by atoms with Gasteiger partial charge in [-0.15, -0.1) is 0 Å². The minimum absolute atomic E-state index is 0.549. The summed E-state index contributed by atoms with van der Waals surface area (Å²) >= 11 is 0. The van der Waals surface area contributed by atoms with E-state index < -0.39 is 11.7 Å². The third-order valence-electron chi connectivity index (χ3n) is 4.42. The quantitative estimate of drug-likeness (QED) is 0.294. The normalized spacial score (nSPS) is 11.6. The average Bonchev–Trinajstić information content (AvgIpc) is 2.66. The predicted molar refractivity (Wildman–Crippen MR) is 94.7 cm³/mol. The molecule has 1 heterocycles. The topological polar surface area (TPSA) is 18.5 Å². The van der Waals surface area contributed by atoms with Gasteiger partial charge in [0, 0.05) is 17.0 Å². The summed E-state index contributed by atoms with van der Waals surface area (Å²) < 4.78 is 38.9. The Kier molecular flexibility index (Phi) is 3.62. The van der Waals surface area contributed by atoms with Gasteiger partial charge in [-0.05, 0) is 29.0 Å². The number of aromatic nitrogens is 1. The molecule has 5 heteroatoms. The molecular formula is C21H12F3N2+. The molecule has 4 rings (SSSR count). The Hall–Kier alpha value is -3.39. The standard InChI is InChI=1S/C21H11F3N2/c1-25-16-6-2-13(3-7-16)20-19-8-4-14-12-15(21(22,23)24)5-9-17(14)18(19)10-11-26-20/h2-12H/p+1. The van der Waals surface area contributed by atoms with E-state index in [4.69, 9.17) is 6.57 Å². The summed E-state index contributed by atoms with van der Waals surface area (Å²) in [5, 5.41) is 3.10. The van der Waals surface area contributed by atoms with Crippen LogP contribution in [0.1, 0.15) is 5.56 Å². The van der Waals surface area contributed by atoms with Crippen LogP contribution in [-0.2, 0) is 6.18 Å². The van der Waals surface area contributed by atoms with Crippen molar-refractivity contribution in [3.63, 3.8) is 0 Å². The van der Waals surface area contributed by atoms with Crippen molar-refractivity contribution in [3.05, 3.63) is 83.8 Å². The van der Waals surface area contributed by atoms with Crippen LogP contribution in [0.2, 0.25) is 0 Å². The van der Waals surface area contributed by atoms with Crippen molar-refractivity contribution in [1.29, 1.82) is 0 Å². The zero-order valence-corrected chi connectivity index (χ0v) is 13.4. The third-order valence-corrected chi connectivity index (χ3v) is 4.42. The largest absolute Gasteiger partial charge is 0.416 e. The van der Waals surface area contributed by atoms with Gasteiger partial charge in [0.2, 0.25) is 5.69 Å². The van der Waals surface area contributed by atoms with Gasteiger partial charge in [-0.1, -0.05) is 36.4 Å². The van der Waals surface area contributed by atoms with E-state index in [1.54, 1.807) is 24.4 Å². The van der Waals surface area contributed by atoms with Crippen molar-refractivity contribution in [2.45, 2.75) is 6.18 Å². The molecule has 0 saturated carbocycles. The van der Waals surface area contributed by atoms with Crippen molar-refractivity contribution < 1.29 is 18.2 Å². The molecule has 3 aromatic carbocycles. The van der Waals surface area contributed by atoms with E-state index in [0.717, 1.165) is 33.5 Å². The van der Waals surface area contributed by atoms with Crippen LogP contribution in [0.3, 0.4) is 0 Å². The first-order valence-electron chi connectivity index (χ1n) is 7.89. The molecule has 1 N–H and O–H groups in total. The highest BCUT2D eigenvalue weighted by molar-refractivity contribution is 6.10. The Morgan fingerprint density at radius 1 is 0.808 bits per heavy atom. The molecule has 0 unspecified atom stereocenters. The van der Waals surface area contributed by atoms with Crippen LogP contribution in [0, 0.1) is 6.57 Å². The molecule has 0 aliphatic rings. The SMILES string of the molecule is [C-]#[N+]c1ccc(-c2[nH+]ccc3c2ccc2cc(C(F)(F)F)ccc23)cc1. The van der Waals surface area contributed by atoms with Crippen molar-refractivity contribution in [3.8, 4) is 11.3 Å². The van der Waals surface area contributed by atoms with Crippen LogP contribution in [0.5, 0.6) is 0 Å². The number of H-pyrrole nitrogens is 1. The molecule has 0 radical (unpaired) electrons. The molecule has 0 aliphatic carbocycles. The van der Waals surface area contributed by atoms with E-state index >= 15 is 0 Å². The van der Waals surface area contributed by atoms with E-state index in [9.17, 15) is 13.2 Å². The fraction of sp³-hybridized carbons (Fsp3) is 0.0476. The molecule has 2 nitrogen and oxygen atoms in total. The maximum Gasteiger partial charge on any atom is 0.416 e. The molecule has 1 aromatic heterocycles. The van der Waals surface area contributed by atoms with Gasteiger partial charge in [-0.2, -0.15) is 13.2 Å². The number of aromatic amines is 1. The van der Waals surface area contributed by atoms with Gasteiger partial charge in [0.15, 0.2) is 11.9 Å². The number of pyridine rings is 1. The van der Waals surface area contributed by atoms with Gasteiger partial charge in [-0.3, -0.25) is 0 Å². The minimum atomic E-state index is -4.36. The lowest BCUT2D eigenvalue weighted by molar-refractivity contribution is -0.362. The first-order valence-corrected chi connectivity index (χ1v) is 7.89. The van der Waals surface area contributed by atoms with Crippen molar-refractivity contribution in [2.75, 3.05) is 0 Å². The Bertz CT molecular complexity index is 1170. The zero-order chi connectivity index (χ0) is 18.3. The second-order valence-corrected chi connectivity index (χ2v) is 5.97. The lowest BCUT2D eigenvalue weighted by Gasteiger charge is -2.09. The molecule has 0 bridgehead atoms. The number of hydrogen-bond donors (Lipinski definition) is 0. The second-order valence-electron chi connectivity index (χ2n) is 5.97. The Labute approximate surface area is 147 Å².